The number of aryl methyl sites for hydroxylation is 1. The number of benzene rings is 2. The quantitative estimate of drug-likeness (QED) is 0.683. The van der Waals surface area contributed by atoms with Crippen LogP contribution in [0.4, 0.5) is 0 Å². The first-order valence-electron chi connectivity index (χ1n) is 9.29. The van der Waals surface area contributed by atoms with E-state index < -0.39 is 16.8 Å². The average Bonchev–Trinajstić information content (AvgIpc) is 3.15. The van der Waals surface area contributed by atoms with E-state index in [1.807, 2.05) is 60.2 Å². The summed E-state index contributed by atoms with van der Waals surface area (Å²) in [7, 11) is 0. The zero-order chi connectivity index (χ0) is 19.6. The molecule has 28 heavy (non-hydrogen) atoms. The Labute approximate surface area is 168 Å². The Morgan fingerprint density at radius 2 is 1.96 bits per heavy atom. The highest BCUT2D eigenvalue weighted by Crippen LogP contribution is 2.49. The van der Waals surface area contributed by atoms with Gasteiger partial charge in [-0.2, -0.15) is 0 Å². The predicted octanol–water partition coefficient (Wildman–Crippen LogP) is 4.64. The molecule has 1 N–H and O–H groups in total. The number of thioether (sulfide) groups is 1. The van der Waals surface area contributed by atoms with Gasteiger partial charge >= 0.3 is 5.97 Å². The highest BCUT2D eigenvalue weighted by Gasteiger charge is 2.42. The molecule has 1 aromatic heterocycles. The molecule has 1 aliphatic rings. The van der Waals surface area contributed by atoms with Gasteiger partial charge in [0.25, 0.3) is 0 Å². The molecule has 3 aromatic rings. The lowest BCUT2D eigenvalue weighted by Crippen LogP contribution is -2.37. The van der Waals surface area contributed by atoms with Crippen molar-refractivity contribution < 1.29 is 14.6 Å². The third-order valence-electron chi connectivity index (χ3n) is 5.10. The highest BCUT2D eigenvalue weighted by molar-refractivity contribution is 8.00. The van der Waals surface area contributed by atoms with E-state index in [0.29, 0.717) is 19.4 Å². The maximum Gasteiger partial charge on any atom is 0.306 e. The molecule has 144 valence electrons. The molecule has 0 spiro atoms. The number of carboxylic acid groups (broad SMARTS) is 1. The first-order chi connectivity index (χ1) is 13.6. The van der Waals surface area contributed by atoms with Crippen molar-refractivity contribution in [2.24, 2.45) is 5.92 Å². The largest absolute Gasteiger partial charge is 0.481 e. The molecule has 0 bridgehead atoms. The smallest absolute Gasteiger partial charge is 0.306 e. The Morgan fingerprint density at radius 3 is 2.61 bits per heavy atom. The first kappa shape index (κ1) is 18.8. The molecule has 1 saturated heterocycles. The van der Waals surface area contributed by atoms with Crippen molar-refractivity contribution in [3.8, 4) is 5.69 Å². The number of rotatable bonds is 5. The lowest BCUT2D eigenvalue weighted by Gasteiger charge is -2.39. The lowest BCUT2D eigenvalue weighted by atomic mass is 9.91. The fourth-order valence-corrected chi connectivity index (χ4v) is 4.94. The number of hydrogen-bond acceptors (Lipinski definition) is 4. The standard InChI is InChI=1S/C22H22N2O3S/c1-16-23-12-13-24(16)19-7-9-20(10-8-19)28-22(18-5-3-2-4-6-18)15-17(21(25)26)11-14-27-22/h2-10,12-13,17H,11,14-15H2,1H3,(H,25,26). The van der Waals surface area contributed by atoms with Gasteiger partial charge in [-0.3, -0.25) is 4.79 Å². The van der Waals surface area contributed by atoms with Gasteiger partial charge in [-0.25, -0.2) is 4.98 Å². The minimum Gasteiger partial charge on any atom is -0.481 e. The van der Waals surface area contributed by atoms with Crippen LogP contribution in [0.25, 0.3) is 5.69 Å². The molecule has 2 aromatic carbocycles. The van der Waals surface area contributed by atoms with Gasteiger partial charge in [0.1, 0.15) is 10.8 Å². The van der Waals surface area contributed by atoms with E-state index in [1.54, 1.807) is 18.0 Å². The second-order valence-corrected chi connectivity index (χ2v) is 8.27. The van der Waals surface area contributed by atoms with Gasteiger partial charge < -0.3 is 14.4 Å². The van der Waals surface area contributed by atoms with Crippen LogP contribution in [0.1, 0.15) is 24.2 Å². The summed E-state index contributed by atoms with van der Waals surface area (Å²) in [6, 6.07) is 18.1. The summed E-state index contributed by atoms with van der Waals surface area (Å²) in [5.74, 6) is -0.231. The molecule has 5 nitrogen and oxygen atoms in total. The van der Waals surface area contributed by atoms with Crippen molar-refractivity contribution in [3.05, 3.63) is 78.4 Å². The molecular formula is C22H22N2O3S. The van der Waals surface area contributed by atoms with Crippen LogP contribution in [0.2, 0.25) is 0 Å². The molecule has 1 fully saturated rings. The van der Waals surface area contributed by atoms with Crippen LogP contribution in [0.5, 0.6) is 0 Å². The second kappa shape index (κ2) is 7.81. The molecule has 0 radical (unpaired) electrons. The third-order valence-corrected chi connectivity index (χ3v) is 6.46. The van der Waals surface area contributed by atoms with E-state index >= 15 is 0 Å². The summed E-state index contributed by atoms with van der Waals surface area (Å²) in [5.41, 5.74) is 2.04. The lowest BCUT2D eigenvalue weighted by molar-refractivity contribution is -0.148. The topological polar surface area (TPSA) is 64.4 Å². The Hall–Kier alpha value is -2.57. The summed E-state index contributed by atoms with van der Waals surface area (Å²) in [4.78, 5) is 16.3. The maximum absolute atomic E-state index is 11.7. The number of ether oxygens (including phenoxy) is 1. The molecule has 6 heteroatoms. The maximum atomic E-state index is 11.7. The second-order valence-electron chi connectivity index (χ2n) is 6.94. The van der Waals surface area contributed by atoms with Crippen molar-refractivity contribution in [3.63, 3.8) is 0 Å². The normalized spacial score (nSPS) is 22.1. The fourth-order valence-electron chi connectivity index (χ4n) is 3.60. The molecular weight excluding hydrogens is 372 g/mol. The summed E-state index contributed by atoms with van der Waals surface area (Å²) >= 11 is 1.59. The third kappa shape index (κ3) is 3.70. The first-order valence-corrected chi connectivity index (χ1v) is 10.1. The molecule has 2 unspecified atom stereocenters. The summed E-state index contributed by atoms with van der Waals surface area (Å²) in [6.45, 7) is 2.40. The van der Waals surface area contributed by atoms with Gasteiger partial charge in [0.15, 0.2) is 0 Å². The van der Waals surface area contributed by atoms with E-state index in [-0.39, 0.29) is 0 Å². The van der Waals surface area contributed by atoms with E-state index in [4.69, 9.17) is 4.74 Å². The monoisotopic (exact) mass is 394 g/mol. The van der Waals surface area contributed by atoms with Crippen molar-refractivity contribution in [2.45, 2.75) is 29.6 Å². The van der Waals surface area contributed by atoms with Gasteiger partial charge in [0, 0.05) is 36.0 Å². The summed E-state index contributed by atoms with van der Waals surface area (Å²) < 4.78 is 8.27. The van der Waals surface area contributed by atoms with Crippen molar-refractivity contribution in [1.29, 1.82) is 0 Å². The predicted molar refractivity (Wildman–Crippen MR) is 109 cm³/mol. The minimum atomic E-state index is -0.755. The molecule has 1 aliphatic heterocycles. The number of aromatic nitrogens is 2. The van der Waals surface area contributed by atoms with Crippen molar-refractivity contribution in [2.75, 3.05) is 6.61 Å². The SMILES string of the molecule is Cc1nccn1-c1ccc(SC2(c3ccccc3)CC(C(=O)O)CCO2)cc1. The number of hydrogen-bond donors (Lipinski definition) is 1. The van der Waals surface area contributed by atoms with E-state index in [0.717, 1.165) is 22.0 Å². The van der Waals surface area contributed by atoms with Gasteiger partial charge in [-0.15, -0.1) is 0 Å². The zero-order valence-corrected chi connectivity index (χ0v) is 16.4. The Morgan fingerprint density at radius 1 is 1.21 bits per heavy atom. The molecule has 4 rings (SSSR count). The zero-order valence-electron chi connectivity index (χ0n) is 15.6. The van der Waals surface area contributed by atoms with Crippen LogP contribution in [0.3, 0.4) is 0 Å². The average molecular weight is 394 g/mol. The number of aliphatic carboxylic acids is 1. The van der Waals surface area contributed by atoms with E-state index in [9.17, 15) is 9.90 Å². The summed E-state index contributed by atoms with van der Waals surface area (Å²) in [6.07, 6.45) is 4.71. The van der Waals surface area contributed by atoms with Gasteiger partial charge in [0.05, 0.1) is 5.92 Å². The number of carbonyl (C=O) groups is 1. The number of nitrogens with zero attached hydrogens (tertiary/aromatic N) is 2. The molecule has 2 atom stereocenters. The Bertz CT molecular complexity index is 955. The van der Waals surface area contributed by atoms with Gasteiger partial charge in [-0.1, -0.05) is 42.1 Å². The Kier molecular flexibility index (Phi) is 5.24. The van der Waals surface area contributed by atoms with E-state index in [1.165, 1.54) is 0 Å². The van der Waals surface area contributed by atoms with Crippen LogP contribution in [-0.2, 0) is 14.5 Å². The van der Waals surface area contributed by atoms with Crippen LogP contribution in [0, 0.1) is 12.8 Å². The number of carboxylic acids is 1. The number of imidazole rings is 1. The minimum absolute atomic E-state index is 0.408. The Balaban J connectivity index is 1.65. The fraction of sp³-hybridized carbons (Fsp3) is 0.273. The summed E-state index contributed by atoms with van der Waals surface area (Å²) in [5, 5.41) is 9.58. The van der Waals surface area contributed by atoms with Crippen LogP contribution < -0.4 is 0 Å². The highest BCUT2D eigenvalue weighted by atomic mass is 32.2. The molecule has 2 heterocycles. The van der Waals surface area contributed by atoms with Gasteiger partial charge in [0.2, 0.25) is 0 Å². The molecule has 0 saturated carbocycles. The molecule has 0 aliphatic carbocycles. The van der Waals surface area contributed by atoms with E-state index in [2.05, 4.69) is 17.1 Å². The van der Waals surface area contributed by atoms with Gasteiger partial charge in [-0.05, 0) is 43.2 Å². The van der Waals surface area contributed by atoms with Crippen LogP contribution in [0.15, 0.2) is 71.9 Å². The van der Waals surface area contributed by atoms with Crippen molar-refractivity contribution >= 4 is 17.7 Å². The van der Waals surface area contributed by atoms with Crippen LogP contribution in [-0.4, -0.2) is 27.2 Å². The van der Waals surface area contributed by atoms with Crippen molar-refractivity contribution in [1.82, 2.24) is 9.55 Å². The molecule has 0 amide bonds. The van der Waals surface area contributed by atoms with Crippen LogP contribution >= 0.6 is 11.8 Å².